The Morgan fingerprint density at radius 1 is 1.52 bits per heavy atom. The zero-order valence-electron chi connectivity index (χ0n) is 12.7. The van der Waals surface area contributed by atoms with Crippen LogP contribution in [0.1, 0.15) is 10.4 Å². The van der Waals surface area contributed by atoms with Gasteiger partial charge >= 0.3 is 5.97 Å². The molecular weight excluding hydrogens is 371 g/mol. The first-order valence-electron chi connectivity index (χ1n) is 7.13. The third kappa shape index (κ3) is 4.98. The minimum Gasteiger partial charge on any atom is -0.480 e. The molecule has 8 heteroatoms. The first-order valence-corrected chi connectivity index (χ1v) is 7.92. The molecule has 1 unspecified atom stereocenters. The number of halogens is 2. The van der Waals surface area contributed by atoms with Crippen LogP contribution in [0.2, 0.25) is 0 Å². The first kappa shape index (κ1) is 17.8. The number of nitrogens with zero attached hydrogens (tertiary/aromatic N) is 2. The highest BCUT2D eigenvalue weighted by Crippen LogP contribution is 2.18. The molecule has 1 amide bonds. The molecule has 1 aliphatic rings. The third-order valence-electron chi connectivity index (χ3n) is 3.51. The number of hydrogen-bond donors (Lipinski definition) is 1. The van der Waals surface area contributed by atoms with Gasteiger partial charge in [0.15, 0.2) is 0 Å². The number of benzene rings is 1. The Hall–Kier alpha value is -1.51. The van der Waals surface area contributed by atoms with Crippen molar-refractivity contribution in [2.24, 2.45) is 0 Å². The van der Waals surface area contributed by atoms with Gasteiger partial charge in [-0.2, -0.15) is 0 Å². The van der Waals surface area contributed by atoms with Gasteiger partial charge in [-0.25, -0.2) is 4.39 Å². The first-order chi connectivity index (χ1) is 10.9. The summed E-state index contributed by atoms with van der Waals surface area (Å²) in [5.74, 6) is -1.88. The Labute approximate surface area is 141 Å². The SMILES string of the molecule is CN(CC(=O)O)CC1CN(C(=O)c2ccc(Br)cc2F)CCO1. The molecule has 1 aliphatic heterocycles. The second kappa shape index (κ2) is 7.85. The van der Waals surface area contributed by atoms with Crippen LogP contribution in [0.15, 0.2) is 22.7 Å². The maximum absolute atomic E-state index is 13.9. The van der Waals surface area contributed by atoms with Gasteiger partial charge in [0, 0.05) is 24.1 Å². The van der Waals surface area contributed by atoms with Crippen molar-refractivity contribution in [3.8, 4) is 0 Å². The molecule has 0 aromatic heterocycles. The number of rotatable bonds is 5. The molecule has 0 spiro atoms. The van der Waals surface area contributed by atoms with Gasteiger partial charge < -0.3 is 14.7 Å². The molecule has 1 fully saturated rings. The van der Waals surface area contributed by atoms with E-state index < -0.39 is 11.8 Å². The van der Waals surface area contributed by atoms with Crippen molar-refractivity contribution < 1.29 is 23.8 Å². The molecule has 6 nitrogen and oxygen atoms in total. The zero-order valence-corrected chi connectivity index (χ0v) is 14.3. The molecule has 1 aromatic carbocycles. The van der Waals surface area contributed by atoms with Gasteiger partial charge in [-0.1, -0.05) is 15.9 Å². The van der Waals surface area contributed by atoms with E-state index in [1.165, 1.54) is 17.0 Å². The Balaban J connectivity index is 2.00. The standard InChI is InChI=1S/C15H18BrFN2O4/c1-18(9-14(20)21)7-11-8-19(4-5-23-11)15(22)12-3-2-10(16)6-13(12)17/h2-3,6,11H,4-5,7-9H2,1H3,(H,20,21). The summed E-state index contributed by atoms with van der Waals surface area (Å²) in [7, 11) is 1.67. The average molecular weight is 389 g/mol. The van der Waals surface area contributed by atoms with E-state index in [0.717, 1.165) is 0 Å². The topological polar surface area (TPSA) is 70.1 Å². The van der Waals surface area contributed by atoms with E-state index >= 15 is 0 Å². The largest absolute Gasteiger partial charge is 0.480 e. The Bertz CT molecular complexity index is 599. The molecule has 1 saturated heterocycles. The molecule has 23 heavy (non-hydrogen) atoms. The molecule has 0 aliphatic carbocycles. The number of carboxylic acid groups (broad SMARTS) is 1. The molecule has 0 radical (unpaired) electrons. The van der Waals surface area contributed by atoms with Gasteiger partial charge in [0.1, 0.15) is 5.82 Å². The lowest BCUT2D eigenvalue weighted by Crippen LogP contribution is -2.49. The number of carbonyl (C=O) groups excluding carboxylic acids is 1. The van der Waals surface area contributed by atoms with Crippen LogP contribution in [0.5, 0.6) is 0 Å². The van der Waals surface area contributed by atoms with Gasteiger partial charge in [0.2, 0.25) is 0 Å². The lowest BCUT2D eigenvalue weighted by Gasteiger charge is -2.34. The van der Waals surface area contributed by atoms with Crippen molar-refractivity contribution in [3.63, 3.8) is 0 Å². The summed E-state index contributed by atoms with van der Waals surface area (Å²) < 4.78 is 20.1. The number of morpholine rings is 1. The zero-order chi connectivity index (χ0) is 17.0. The van der Waals surface area contributed by atoms with Crippen LogP contribution >= 0.6 is 15.9 Å². The Morgan fingerprint density at radius 3 is 2.91 bits per heavy atom. The average Bonchev–Trinajstić information content (AvgIpc) is 2.46. The van der Waals surface area contributed by atoms with Crippen molar-refractivity contribution in [2.75, 3.05) is 39.8 Å². The predicted molar refractivity (Wildman–Crippen MR) is 84.9 cm³/mol. The fraction of sp³-hybridized carbons (Fsp3) is 0.467. The second-order valence-electron chi connectivity index (χ2n) is 5.46. The van der Waals surface area contributed by atoms with Crippen LogP contribution in [-0.4, -0.2) is 72.7 Å². The number of carboxylic acids is 1. The van der Waals surface area contributed by atoms with Gasteiger partial charge in [-0.05, 0) is 25.2 Å². The quantitative estimate of drug-likeness (QED) is 0.826. The van der Waals surface area contributed by atoms with Gasteiger partial charge in [0.25, 0.3) is 5.91 Å². The highest BCUT2D eigenvalue weighted by Gasteiger charge is 2.27. The third-order valence-corrected chi connectivity index (χ3v) is 4.00. The van der Waals surface area contributed by atoms with Gasteiger partial charge in [-0.3, -0.25) is 14.5 Å². The van der Waals surface area contributed by atoms with E-state index in [1.54, 1.807) is 18.0 Å². The van der Waals surface area contributed by atoms with Crippen molar-refractivity contribution >= 4 is 27.8 Å². The molecule has 1 heterocycles. The molecule has 1 N–H and O–H groups in total. The number of aliphatic carboxylic acids is 1. The maximum Gasteiger partial charge on any atom is 0.317 e. The fourth-order valence-corrected chi connectivity index (χ4v) is 2.82. The number of likely N-dealkylation sites (N-methyl/N-ethyl adjacent to an activating group) is 1. The molecule has 2 rings (SSSR count). The summed E-state index contributed by atoms with van der Waals surface area (Å²) in [5, 5.41) is 8.76. The summed E-state index contributed by atoms with van der Waals surface area (Å²) in [6, 6.07) is 4.32. The van der Waals surface area contributed by atoms with Crippen LogP contribution in [0.3, 0.4) is 0 Å². The highest BCUT2D eigenvalue weighted by atomic mass is 79.9. The summed E-state index contributed by atoms with van der Waals surface area (Å²) in [6.45, 7) is 1.31. The second-order valence-corrected chi connectivity index (χ2v) is 6.37. The number of hydrogen-bond acceptors (Lipinski definition) is 4. The molecule has 1 aromatic rings. The maximum atomic E-state index is 13.9. The van der Waals surface area contributed by atoms with Crippen molar-refractivity contribution in [2.45, 2.75) is 6.10 Å². The van der Waals surface area contributed by atoms with Crippen LogP contribution in [0.4, 0.5) is 4.39 Å². The summed E-state index contributed by atoms with van der Waals surface area (Å²) in [5.41, 5.74) is 0.0211. The smallest absolute Gasteiger partial charge is 0.317 e. The van der Waals surface area contributed by atoms with Crippen molar-refractivity contribution in [1.82, 2.24) is 9.80 Å². The molecule has 126 valence electrons. The van der Waals surface area contributed by atoms with Crippen molar-refractivity contribution in [1.29, 1.82) is 0 Å². The Morgan fingerprint density at radius 2 is 2.26 bits per heavy atom. The number of amides is 1. The van der Waals surface area contributed by atoms with Crippen LogP contribution in [0, 0.1) is 5.82 Å². The van der Waals surface area contributed by atoms with Crippen LogP contribution in [0.25, 0.3) is 0 Å². The van der Waals surface area contributed by atoms with Crippen molar-refractivity contribution in [3.05, 3.63) is 34.1 Å². The highest BCUT2D eigenvalue weighted by molar-refractivity contribution is 9.10. The van der Waals surface area contributed by atoms with E-state index in [1.807, 2.05) is 0 Å². The monoisotopic (exact) mass is 388 g/mol. The van der Waals surface area contributed by atoms with Crippen LogP contribution < -0.4 is 0 Å². The van der Waals surface area contributed by atoms with E-state index in [4.69, 9.17) is 9.84 Å². The summed E-state index contributed by atoms with van der Waals surface area (Å²) in [4.78, 5) is 26.3. The lowest BCUT2D eigenvalue weighted by molar-refractivity contribution is -0.138. The minimum absolute atomic E-state index is 0.0211. The molecule has 1 atom stereocenters. The van der Waals surface area contributed by atoms with Crippen LogP contribution in [-0.2, 0) is 9.53 Å². The summed E-state index contributed by atoms with van der Waals surface area (Å²) in [6.07, 6.45) is -0.296. The van der Waals surface area contributed by atoms with E-state index in [9.17, 15) is 14.0 Å². The van der Waals surface area contributed by atoms with Gasteiger partial charge in [-0.15, -0.1) is 0 Å². The van der Waals surface area contributed by atoms with E-state index in [0.29, 0.717) is 30.7 Å². The Kier molecular flexibility index (Phi) is 6.09. The normalized spacial score (nSPS) is 18.3. The molecule has 0 bridgehead atoms. The molecule has 0 saturated carbocycles. The lowest BCUT2D eigenvalue weighted by atomic mass is 10.1. The number of carbonyl (C=O) groups is 2. The fourth-order valence-electron chi connectivity index (χ4n) is 2.49. The minimum atomic E-state index is -0.923. The van der Waals surface area contributed by atoms with E-state index in [2.05, 4.69) is 15.9 Å². The molecular formula is C15H18BrFN2O4. The van der Waals surface area contributed by atoms with Gasteiger partial charge in [0.05, 0.1) is 24.8 Å². The predicted octanol–water partition coefficient (Wildman–Crippen LogP) is 1.45. The van der Waals surface area contributed by atoms with E-state index in [-0.39, 0.29) is 24.1 Å². The number of ether oxygens (including phenoxy) is 1. The summed E-state index contributed by atoms with van der Waals surface area (Å²) >= 11 is 3.16.